The number of aromatic nitrogens is 3. The van der Waals surface area contributed by atoms with Gasteiger partial charge in [-0.15, -0.1) is 0 Å². The van der Waals surface area contributed by atoms with Crippen LogP contribution < -0.4 is 45.7 Å². The van der Waals surface area contributed by atoms with Gasteiger partial charge < -0.3 is 29.5 Å². The first-order valence-electron chi connectivity index (χ1n) is 9.79. The molecule has 2 aromatic rings. The topological polar surface area (TPSA) is 144 Å². The first kappa shape index (κ1) is 26.7. The number of hydrogen-bond donors (Lipinski definition) is 2. The molecule has 2 aromatic heterocycles. The Morgan fingerprint density at radius 2 is 1.74 bits per heavy atom. The van der Waals surface area contributed by atoms with E-state index < -0.39 is 23.6 Å². The number of unbranched alkanes of at least 4 members (excludes halogenated alkanes) is 3. The molecule has 0 bridgehead atoms. The number of amides is 2. The molecule has 0 spiro atoms. The van der Waals surface area contributed by atoms with Gasteiger partial charge in [0.25, 0.3) is 5.91 Å². The Hall–Kier alpha value is -2.30. The van der Waals surface area contributed by atoms with Crippen molar-refractivity contribution in [2.75, 3.05) is 5.32 Å². The molecule has 0 aliphatic rings. The largest absolute Gasteiger partial charge is 1.00 e. The van der Waals surface area contributed by atoms with E-state index in [1.165, 1.54) is 12.3 Å². The second kappa shape index (κ2) is 11.9. The zero-order valence-corrected chi connectivity index (χ0v) is 20.5. The number of carbonyl (C=O) groups is 3. The van der Waals surface area contributed by atoms with Crippen molar-refractivity contribution >= 4 is 23.7 Å². The average molecular weight is 441 g/mol. The predicted molar refractivity (Wildman–Crippen MR) is 108 cm³/mol. The maximum Gasteiger partial charge on any atom is 1.00 e. The van der Waals surface area contributed by atoms with Gasteiger partial charge in [-0.25, -0.2) is 9.78 Å². The zero-order chi connectivity index (χ0) is 22.3. The summed E-state index contributed by atoms with van der Waals surface area (Å²) in [6.45, 7) is 6.39. The van der Waals surface area contributed by atoms with Gasteiger partial charge in [-0.3, -0.25) is 10.1 Å². The minimum absolute atomic E-state index is 0. The molecule has 0 fully saturated rings. The number of imidazole rings is 1. The van der Waals surface area contributed by atoms with Crippen molar-refractivity contribution < 1.29 is 53.8 Å². The summed E-state index contributed by atoms with van der Waals surface area (Å²) in [7, 11) is 0. The van der Waals surface area contributed by atoms with E-state index in [0.29, 0.717) is 24.5 Å². The number of carboxylic acids is 1. The van der Waals surface area contributed by atoms with Gasteiger partial charge in [0.05, 0.1) is 5.69 Å². The molecule has 0 saturated heterocycles. The molecule has 2 amide bonds. The Kier molecular flexibility index (Phi) is 10.3. The number of carbonyl (C=O) groups excluding carboxylic acids is 3. The van der Waals surface area contributed by atoms with Gasteiger partial charge >= 0.3 is 35.7 Å². The summed E-state index contributed by atoms with van der Waals surface area (Å²) < 4.78 is 8.47. The number of aromatic carboxylic acids is 1. The van der Waals surface area contributed by atoms with Gasteiger partial charge in [0.2, 0.25) is 0 Å². The van der Waals surface area contributed by atoms with Crippen molar-refractivity contribution in [1.82, 2.24) is 14.1 Å². The Bertz CT molecular complexity index is 900. The van der Waals surface area contributed by atoms with E-state index in [1.54, 1.807) is 42.3 Å². The summed E-state index contributed by atoms with van der Waals surface area (Å²) in [5.74, 6) is -1.94. The maximum atomic E-state index is 11.9. The summed E-state index contributed by atoms with van der Waals surface area (Å²) >= 11 is 0. The standard InChI is InChI=1S/C20H29N5O5.Na/c1-20(2,3)30-19(29)23-14-12-15(16(21)26)25(13-14)10-7-5-4-6-9-24-11-8-22-17(24)18(27)28;/h8,11-13H,4-7,9-10H2,1-3H3,(H2,21,26)(H,23,29)(H,27,28);/q;+1/p-1. The second-order valence-corrected chi connectivity index (χ2v) is 7.94. The van der Waals surface area contributed by atoms with E-state index in [9.17, 15) is 19.5 Å². The van der Waals surface area contributed by atoms with Crippen molar-refractivity contribution in [2.24, 2.45) is 5.73 Å². The number of rotatable bonds is 10. The quantitative estimate of drug-likeness (QED) is 0.349. The molecule has 2 rings (SSSR count). The van der Waals surface area contributed by atoms with Crippen LogP contribution in [0.1, 0.15) is 67.6 Å². The van der Waals surface area contributed by atoms with Crippen molar-refractivity contribution in [1.29, 1.82) is 0 Å². The number of carboxylic acid groups (broad SMARTS) is 1. The van der Waals surface area contributed by atoms with Gasteiger partial charge in [-0.2, -0.15) is 0 Å². The van der Waals surface area contributed by atoms with Crippen LogP contribution in [0.2, 0.25) is 0 Å². The molecule has 3 N–H and O–H groups in total. The number of hydrogen-bond acceptors (Lipinski definition) is 6. The zero-order valence-electron chi connectivity index (χ0n) is 18.5. The second-order valence-electron chi connectivity index (χ2n) is 7.94. The van der Waals surface area contributed by atoms with Gasteiger partial charge in [0.1, 0.15) is 17.3 Å². The number of anilines is 1. The summed E-state index contributed by atoms with van der Waals surface area (Å²) in [6, 6.07) is 1.52. The molecule has 0 radical (unpaired) electrons. The van der Waals surface area contributed by atoms with E-state index in [2.05, 4.69) is 10.3 Å². The van der Waals surface area contributed by atoms with E-state index in [-0.39, 0.29) is 35.4 Å². The molecular weight excluding hydrogens is 413 g/mol. The third-order valence-electron chi connectivity index (χ3n) is 4.24. The number of nitrogens with two attached hydrogens (primary N) is 1. The number of nitrogens with one attached hydrogen (secondary N) is 1. The molecule has 0 unspecified atom stereocenters. The van der Waals surface area contributed by atoms with Crippen molar-refractivity contribution in [3.8, 4) is 0 Å². The first-order chi connectivity index (χ1) is 14.1. The van der Waals surface area contributed by atoms with Crippen LogP contribution >= 0.6 is 0 Å². The van der Waals surface area contributed by atoms with Crippen LogP contribution in [0.5, 0.6) is 0 Å². The van der Waals surface area contributed by atoms with Crippen LogP contribution in [0.15, 0.2) is 24.7 Å². The summed E-state index contributed by atoms with van der Waals surface area (Å²) in [6.07, 6.45) is 7.43. The molecular formula is C20H28N5NaO5. The van der Waals surface area contributed by atoms with Crippen LogP contribution in [0.3, 0.4) is 0 Å². The first-order valence-corrected chi connectivity index (χ1v) is 9.79. The summed E-state index contributed by atoms with van der Waals surface area (Å²) in [4.78, 5) is 38.3. The fourth-order valence-corrected chi connectivity index (χ4v) is 2.99. The fourth-order valence-electron chi connectivity index (χ4n) is 2.99. The molecule has 0 aliphatic carbocycles. The SMILES string of the molecule is CC(C)(C)OC(=O)Nc1cc(C(N)=O)n(CCCCCCn2ccnc2C(=O)[O-])c1.[Na+]. The average Bonchev–Trinajstić information content (AvgIpc) is 3.23. The molecule has 0 atom stereocenters. The molecule has 164 valence electrons. The Morgan fingerprint density at radius 1 is 1.13 bits per heavy atom. The minimum atomic E-state index is -1.29. The molecule has 11 heteroatoms. The van der Waals surface area contributed by atoms with Gasteiger partial charge in [-0.05, 0) is 39.7 Å². The monoisotopic (exact) mass is 441 g/mol. The minimum Gasteiger partial charge on any atom is -0.542 e. The summed E-state index contributed by atoms with van der Waals surface area (Å²) in [5, 5.41) is 13.5. The van der Waals surface area contributed by atoms with Crippen molar-refractivity contribution in [3.63, 3.8) is 0 Å². The van der Waals surface area contributed by atoms with Crippen LogP contribution in [0.25, 0.3) is 0 Å². The normalized spacial score (nSPS) is 10.9. The maximum absolute atomic E-state index is 11.9. The predicted octanol–water partition coefficient (Wildman–Crippen LogP) is -1.24. The van der Waals surface area contributed by atoms with E-state index >= 15 is 0 Å². The van der Waals surface area contributed by atoms with Crippen LogP contribution in [0.4, 0.5) is 10.5 Å². The Balaban J connectivity index is 0.00000480. The molecule has 0 saturated carbocycles. The molecule has 2 heterocycles. The number of primary amides is 1. The van der Waals surface area contributed by atoms with Gasteiger partial charge in [0.15, 0.2) is 5.82 Å². The summed E-state index contributed by atoms with van der Waals surface area (Å²) in [5.41, 5.74) is 5.55. The number of ether oxygens (including phenoxy) is 1. The van der Waals surface area contributed by atoms with Crippen LogP contribution in [-0.2, 0) is 17.8 Å². The molecule has 10 nitrogen and oxygen atoms in total. The Morgan fingerprint density at radius 3 is 2.29 bits per heavy atom. The van der Waals surface area contributed by atoms with Gasteiger partial charge in [-0.1, -0.05) is 12.8 Å². The van der Waals surface area contributed by atoms with E-state index in [1.807, 2.05) is 0 Å². The van der Waals surface area contributed by atoms with Crippen molar-refractivity contribution in [2.45, 2.75) is 65.1 Å². The third kappa shape index (κ3) is 8.76. The molecule has 0 aliphatic heterocycles. The smallest absolute Gasteiger partial charge is 0.542 e. The third-order valence-corrected chi connectivity index (χ3v) is 4.24. The molecule has 0 aromatic carbocycles. The van der Waals surface area contributed by atoms with Crippen LogP contribution in [-0.4, -0.2) is 37.7 Å². The number of aryl methyl sites for hydroxylation is 2. The molecule has 31 heavy (non-hydrogen) atoms. The Labute approximate surface area is 203 Å². The van der Waals surface area contributed by atoms with Gasteiger partial charge in [0, 0.05) is 31.7 Å². The van der Waals surface area contributed by atoms with E-state index in [0.717, 1.165) is 25.7 Å². The number of nitrogens with zero attached hydrogens (tertiary/aromatic N) is 3. The van der Waals surface area contributed by atoms with Crippen LogP contribution in [0, 0.1) is 0 Å². The van der Waals surface area contributed by atoms with Crippen molar-refractivity contribution in [3.05, 3.63) is 36.2 Å². The van der Waals surface area contributed by atoms with E-state index in [4.69, 9.17) is 10.5 Å². The fraction of sp³-hybridized carbons (Fsp3) is 0.500.